The molecule has 0 bridgehead atoms. The number of hydrogen-bond acceptors (Lipinski definition) is 5. The summed E-state index contributed by atoms with van der Waals surface area (Å²) in [6.07, 6.45) is 1.67. The minimum atomic E-state index is -0.322. The molecule has 3 aromatic rings. The lowest BCUT2D eigenvalue weighted by molar-refractivity contribution is 0.399. The molecule has 110 valence electrons. The normalized spacial score (nSPS) is 10.5. The maximum absolute atomic E-state index is 13.2. The van der Waals surface area contributed by atoms with E-state index >= 15 is 0 Å². The number of hydrogen-bond donors (Lipinski definition) is 1. The van der Waals surface area contributed by atoms with Gasteiger partial charge >= 0.3 is 0 Å². The smallest absolute Gasteiger partial charge is 0.228 e. The Labute approximate surface area is 126 Å². The van der Waals surface area contributed by atoms with Crippen molar-refractivity contribution in [2.45, 2.75) is 0 Å². The summed E-state index contributed by atoms with van der Waals surface area (Å²) >= 11 is 0. The zero-order valence-corrected chi connectivity index (χ0v) is 11.8. The maximum atomic E-state index is 13.2. The largest absolute Gasteiger partial charge is 0.480 e. The third-order valence-electron chi connectivity index (χ3n) is 3.13. The van der Waals surface area contributed by atoms with Crippen LogP contribution < -0.4 is 10.5 Å². The minimum Gasteiger partial charge on any atom is -0.480 e. The zero-order chi connectivity index (χ0) is 15.5. The average Bonchev–Trinajstić information content (AvgIpc) is 2.55. The van der Waals surface area contributed by atoms with Crippen LogP contribution in [0.25, 0.3) is 22.5 Å². The molecule has 5 nitrogen and oxygen atoms in total. The summed E-state index contributed by atoms with van der Waals surface area (Å²) in [6.45, 7) is 0. The van der Waals surface area contributed by atoms with Gasteiger partial charge in [0.2, 0.25) is 11.8 Å². The predicted molar refractivity (Wildman–Crippen MR) is 81.6 cm³/mol. The third kappa shape index (κ3) is 2.58. The van der Waals surface area contributed by atoms with Gasteiger partial charge in [-0.2, -0.15) is 4.98 Å². The molecule has 0 fully saturated rings. The lowest BCUT2D eigenvalue weighted by atomic mass is 10.0. The second-order valence-corrected chi connectivity index (χ2v) is 4.54. The number of anilines is 1. The first-order valence-electron chi connectivity index (χ1n) is 6.58. The number of rotatable bonds is 3. The van der Waals surface area contributed by atoms with Gasteiger partial charge < -0.3 is 10.5 Å². The Morgan fingerprint density at radius 3 is 2.45 bits per heavy atom. The van der Waals surface area contributed by atoms with Crippen molar-refractivity contribution >= 4 is 5.95 Å². The van der Waals surface area contributed by atoms with Crippen molar-refractivity contribution in [3.63, 3.8) is 0 Å². The molecule has 0 aliphatic heterocycles. The van der Waals surface area contributed by atoms with Gasteiger partial charge in [-0.1, -0.05) is 6.07 Å². The van der Waals surface area contributed by atoms with Crippen LogP contribution in [-0.2, 0) is 0 Å². The molecule has 2 N–H and O–H groups in total. The summed E-state index contributed by atoms with van der Waals surface area (Å²) in [5.41, 5.74) is 8.27. The van der Waals surface area contributed by atoms with E-state index in [1.807, 2.05) is 18.2 Å². The van der Waals surface area contributed by atoms with E-state index in [0.29, 0.717) is 28.4 Å². The molecule has 22 heavy (non-hydrogen) atoms. The van der Waals surface area contributed by atoms with Crippen LogP contribution in [0.1, 0.15) is 0 Å². The number of halogens is 1. The number of methoxy groups -OCH3 is 1. The number of nitrogens with two attached hydrogens (primary N) is 1. The van der Waals surface area contributed by atoms with E-state index < -0.39 is 0 Å². The third-order valence-corrected chi connectivity index (χ3v) is 3.13. The number of nitrogens with zero attached hydrogens (tertiary/aromatic N) is 3. The lowest BCUT2D eigenvalue weighted by Crippen LogP contribution is -2.03. The highest BCUT2D eigenvalue weighted by molar-refractivity contribution is 5.83. The molecular formula is C16H13FN4O. The fourth-order valence-corrected chi connectivity index (χ4v) is 2.16. The van der Waals surface area contributed by atoms with E-state index in [2.05, 4.69) is 15.0 Å². The van der Waals surface area contributed by atoms with Gasteiger partial charge in [-0.05, 0) is 36.4 Å². The monoisotopic (exact) mass is 296 g/mol. The number of benzene rings is 1. The van der Waals surface area contributed by atoms with Crippen molar-refractivity contribution in [2.24, 2.45) is 0 Å². The van der Waals surface area contributed by atoms with Gasteiger partial charge in [-0.3, -0.25) is 4.98 Å². The molecule has 0 unspecified atom stereocenters. The number of aromatic nitrogens is 3. The average molecular weight is 296 g/mol. The van der Waals surface area contributed by atoms with Crippen molar-refractivity contribution in [3.8, 4) is 28.4 Å². The number of nitrogen functional groups attached to an aromatic ring is 1. The van der Waals surface area contributed by atoms with Gasteiger partial charge in [-0.15, -0.1) is 0 Å². The SMILES string of the molecule is COc1nc(N)nc(-c2ccc(F)cc2)c1-c1ccccn1. The molecule has 0 radical (unpaired) electrons. The van der Waals surface area contributed by atoms with Crippen LogP contribution in [0.3, 0.4) is 0 Å². The van der Waals surface area contributed by atoms with Crippen LogP contribution in [0.5, 0.6) is 5.88 Å². The van der Waals surface area contributed by atoms with Gasteiger partial charge in [0.05, 0.1) is 24.1 Å². The van der Waals surface area contributed by atoms with Gasteiger partial charge in [0, 0.05) is 11.8 Å². The zero-order valence-electron chi connectivity index (χ0n) is 11.8. The van der Waals surface area contributed by atoms with Crippen LogP contribution in [0.15, 0.2) is 48.7 Å². The highest BCUT2D eigenvalue weighted by Crippen LogP contribution is 2.36. The van der Waals surface area contributed by atoms with Crippen LogP contribution in [0.4, 0.5) is 10.3 Å². The van der Waals surface area contributed by atoms with Crippen LogP contribution in [0.2, 0.25) is 0 Å². The van der Waals surface area contributed by atoms with Crippen molar-refractivity contribution < 1.29 is 9.13 Å². The summed E-state index contributed by atoms with van der Waals surface area (Å²) in [5, 5.41) is 0. The molecule has 0 aliphatic carbocycles. The Bertz CT molecular complexity index is 791. The Hall–Kier alpha value is -3.02. The lowest BCUT2D eigenvalue weighted by Gasteiger charge is -2.13. The van der Waals surface area contributed by atoms with Crippen LogP contribution in [0, 0.1) is 5.82 Å². The van der Waals surface area contributed by atoms with E-state index in [4.69, 9.17) is 10.5 Å². The second kappa shape index (κ2) is 5.77. The van der Waals surface area contributed by atoms with Gasteiger partial charge in [0.25, 0.3) is 0 Å². The predicted octanol–water partition coefficient (Wildman–Crippen LogP) is 2.94. The molecule has 1 aromatic carbocycles. The molecule has 6 heteroatoms. The molecule has 0 saturated heterocycles. The molecule has 2 heterocycles. The molecule has 2 aromatic heterocycles. The summed E-state index contributed by atoms with van der Waals surface area (Å²) in [5.74, 6) is 0.0820. The molecule has 0 spiro atoms. The first kappa shape index (κ1) is 13.9. The van der Waals surface area contributed by atoms with Gasteiger partial charge in [0.1, 0.15) is 5.82 Å². The van der Waals surface area contributed by atoms with Crippen molar-refractivity contribution in [3.05, 3.63) is 54.5 Å². The maximum Gasteiger partial charge on any atom is 0.228 e. The highest BCUT2D eigenvalue weighted by atomic mass is 19.1. The molecule has 0 saturated carbocycles. The number of pyridine rings is 1. The fourth-order valence-electron chi connectivity index (χ4n) is 2.16. The van der Waals surface area contributed by atoms with Crippen molar-refractivity contribution in [2.75, 3.05) is 12.8 Å². The number of ether oxygens (including phenoxy) is 1. The van der Waals surface area contributed by atoms with Crippen LogP contribution in [-0.4, -0.2) is 22.1 Å². The van der Waals surface area contributed by atoms with E-state index in [1.54, 1.807) is 18.3 Å². The van der Waals surface area contributed by atoms with Crippen molar-refractivity contribution in [1.82, 2.24) is 15.0 Å². The Kier molecular flexibility index (Phi) is 3.65. The van der Waals surface area contributed by atoms with Gasteiger partial charge in [-0.25, -0.2) is 9.37 Å². The van der Waals surface area contributed by atoms with Crippen LogP contribution >= 0.6 is 0 Å². The summed E-state index contributed by atoms with van der Waals surface area (Å²) in [4.78, 5) is 12.7. The second-order valence-electron chi connectivity index (χ2n) is 4.54. The van der Waals surface area contributed by atoms with E-state index in [-0.39, 0.29) is 11.8 Å². The summed E-state index contributed by atoms with van der Waals surface area (Å²) in [6, 6.07) is 11.5. The Morgan fingerprint density at radius 2 is 1.82 bits per heavy atom. The van der Waals surface area contributed by atoms with Gasteiger partial charge in [0.15, 0.2) is 0 Å². The molecular weight excluding hydrogens is 283 g/mol. The summed E-state index contributed by atoms with van der Waals surface area (Å²) < 4.78 is 18.5. The Morgan fingerprint density at radius 1 is 1.05 bits per heavy atom. The van der Waals surface area contributed by atoms with E-state index in [0.717, 1.165) is 0 Å². The first-order chi connectivity index (χ1) is 10.7. The quantitative estimate of drug-likeness (QED) is 0.804. The molecule has 0 amide bonds. The molecule has 0 aliphatic rings. The van der Waals surface area contributed by atoms with E-state index in [1.165, 1.54) is 19.2 Å². The van der Waals surface area contributed by atoms with E-state index in [9.17, 15) is 4.39 Å². The minimum absolute atomic E-state index is 0.0795. The first-order valence-corrected chi connectivity index (χ1v) is 6.58. The van der Waals surface area contributed by atoms with Crippen molar-refractivity contribution in [1.29, 1.82) is 0 Å². The fraction of sp³-hybridized carbons (Fsp3) is 0.0625. The molecule has 3 rings (SSSR count). The highest BCUT2D eigenvalue weighted by Gasteiger charge is 2.18. The topological polar surface area (TPSA) is 73.9 Å². The Balaban J connectivity index is 2.28. The molecule has 0 atom stereocenters. The summed E-state index contributed by atoms with van der Waals surface area (Å²) in [7, 11) is 1.50. The standard InChI is InChI=1S/C16H13FN4O/c1-22-15-13(12-4-2-3-9-19-12)14(20-16(18)21-15)10-5-7-11(17)8-6-10/h2-9H,1H3,(H2,18,20,21).